The molecule has 0 amide bonds. The predicted octanol–water partition coefficient (Wildman–Crippen LogP) is 2.22. The van der Waals surface area contributed by atoms with Crippen LogP contribution in [0, 0.1) is 0 Å². The summed E-state index contributed by atoms with van der Waals surface area (Å²) in [5.74, 6) is 0.899. The maximum absolute atomic E-state index is 12.7. The van der Waals surface area contributed by atoms with Crippen LogP contribution in [0.3, 0.4) is 0 Å². The van der Waals surface area contributed by atoms with Crippen molar-refractivity contribution in [3.63, 3.8) is 0 Å². The monoisotopic (exact) mass is 294 g/mol. The summed E-state index contributed by atoms with van der Waals surface area (Å²) in [7, 11) is 7.10. The topological polar surface area (TPSA) is 32.3 Å². The number of hydrogen-bond acceptors (Lipinski definition) is 5. The van der Waals surface area contributed by atoms with Crippen LogP contribution < -0.4 is 4.90 Å². The normalized spacial score (nSPS) is 12.0. The van der Waals surface area contributed by atoms with Crippen molar-refractivity contribution >= 4 is 17.6 Å². The van der Waals surface area contributed by atoms with Crippen molar-refractivity contribution < 1.29 is 13.2 Å². The van der Waals surface area contributed by atoms with E-state index in [2.05, 4.69) is 9.97 Å². The van der Waals surface area contributed by atoms with Crippen molar-refractivity contribution in [3.8, 4) is 0 Å². The van der Waals surface area contributed by atoms with Crippen LogP contribution in [0.15, 0.2) is 11.2 Å². The molecule has 0 saturated heterocycles. The molecule has 0 spiro atoms. The van der Waals surface area contributed by atoms with Crippen LogP contribution >= 0.6 is 11.8 Å². The van der Waals surface area contributed by atoms with E-state index in [1.807, 2.05) is 19.0 Å². The number of thioether (sulfide) groups is 1. The van der Waals surface area contributed by atoms with Crippen molar-refractivity contribution in [2.45, 2.75) is 11.3 Å². The molecule has 0 fully saturated rings. The minimum atomic E-state index is -4.45. The van der Waals surface area contributed by atoms with Crippen LogP contribution in [0.1, 0.15) is 5.69 Å². The number of nitrogens with zero attached hydrogens (tertiary/aromatic N) is 4. The van der Waals surface area contributed by atoms with Gasteiger partial charge in [0.2, 0.25) is 0 Å². The highest BCUT2D eigenvalue weighted by atomic mass is 32.2. The maximum Gasteiger partial charge on any atom is 0.433 e. The van der Waals surface area contributed by atoms with Gasteiger partial charge in [-0.05, 0) is 14.1 Å². The fraction of sp³-hybridized carbons (Fsp3) is 0.636. The average molecular weight is 294 g/mol. The van der Waals surface area contributed by atoms with Crippen molar-refractivity contribution in [1.82, 2.24) is 14.9 Å². The summed E-state index contributed by atoms with van der Waals surface area (Å²) in [6, 6.07) is 0.954. The molecule has 1 rings (SSSR count). The summed E-state index contributed by atoms with van der Waals surface area (Å²) in [4.78, 5) is 11.2. The van der Waals surface area contributed by atoms with E-state index in [1.165, 1.54) is 16.7 Å². The highest BCUT2D eigenvalue weighted by Gasteiger charge is 2.33. The molecule has 1 heterocycles. The molecule has 1 aromatic heterocycles. The molecule has 0 aromatic carbocycles. The fourth-order valence-electron chi connectivity index (χ4n) is 1.17. The molecule has 0 aliphatic heterocycles. The minimum absolute atomic E-state index is 0.153. The van der Waals surface area contributed by atoms with E-state index in [0.717, 1.165) is 12.6 Å². The van der Waals surface area contributed by atoms with Crippen LogP contribution in [0.4, 0.5) is 19.0 Å². The fourth-order valence-corrected chi connectivity index (χ4v) is 2.13. The van der Waals surface area contributed by atoms with Gasteiger partial charge in [0.05, 0.1) is 0 Å². The summed E-state index contributed by atoms with van der Waals surface area (Å²) < 4.78 is 38.2. The third kappa shape index (κ3) is 5.23. The van der Waals surface area contributed by atoms with Gasteiger partial charge in [0.1, 0.15) is 5.82 Å². The molecule has 19 heavy (non-hydrogen) atoms. The number of rotatable bonds is 5. The van der Waals surface area contributed by atoms with E-state index in [0.29, 0.717) is 5.75 Å². The summed E-state index contributed by atoms with van der Waals surface area (Å²) >= 11 is 1.22. The second kappa shape index (κ2) is 6.42. The highest BCUT2D eigenvalue weighted by molar-refractivity contribution is 7.99. The van der Waals surface area contributed by atoms with Crippen LogP contribution in [0.5, 0.6) is 0 Å². The van der Waals surface area contributed by atoms with Gasteiger partial charge in [-0.2, -0.15) is 13.2 Å². The Hall–Kier alpha value is -1.02. The summed E-state index contributed by atoms with van der Waals surface area (Å²) in [6.45, 7) is 0.752. The minimum Gasteiger partial charge on any atom is -0.363 e. The summed E-state index contributed by atoms with van der Waals surface area (Å²) in [5, 5.41) is 0.153. The lowest BCUT2D eigenvalue weighted by molar-refractivity contribution is -0.141. The molecule has 0 radical (unpaired) electrons. The maximum atomic E-state index is 12.7. The first-order valence-electron chi connectivity index (χ1n) is 5.61. The average Bonchev–Trinajstić information content (AvgIpc) is 2.26. The number of anilines is 1. The lowest BCUT2D eigenvalue weighted by atomic mass is 10.4. The molecular formula is C11H17F3N4S. The largest absolute Gasteiger partial charge is 0.433 e. The lowest BCUT2D eigenvalue weighted by Gasteiger charge is -2.15. The Morgan fingerprint density at radius 2 is 1.79 bits per heavy atom. The summed E-state index contributed by atoms with van der Waals surface area (Å²) in [6.07, 6.45) is -4.45. The number of halogens is 3. The van der Waals surface area contributed by atoms with E-state index in [9.17, 15) is 13.2 Å². The third-order valence-corrected chi connectivity index (χ3v) is 3.04. The second-order valence-corrected chi connectivity index (χ2v) is 5.50. The Morgan fingerprint density at radius 3 is 2.26 bits per heavy atom. The molecule has 4 nitrogen and oxygen atoms in total. The predicted molar refractivity (Wildman–Crippen MR) is 70.6 cm³/mol. The molecule has 0 aliphatic carbocycles. The highest BCUT2D eigenvalue weighted by Crippen LogP contribution is 2.30. The Balaban J connectivity index is 2.94. The van der Waals surface area contributed by atoms with Gasteiger partial charge in [0.25, 0.3) is 0 Å². The molecule has 8 heteroatoms. The van der Waals surface area contributed by atoms with Crippen LogP contribution in [0.2, 0.25) is 0 Å². The van der Waals surface area contributed by atoms with E-state index in [4.69, 9.17) is 0 Å². The van der Waals surface area contributed by atoms with Crippen LogP contribution in [-0.2, 0) is 6.18 Å². The zero-order valence-corrected chi connectivity index (χ0v) is 12.1. The van der Waals surface area contributed by atoms with Gasteiger partial charge in [0, 0.05) is 32.5 Å². The number of hydrogen-bond donors (Lipinski definition) is 0. The molecule has 1 aromatic rings. The third-order valence-electron chi connectivity index (χ3n) is 2.21. The molecule has 0 N–H and O–H groups in total. The second-order valence-electron chi connectivity index (χ2n) is 4.44. The van der Waals surface area contributed by atoms with Crippen molar-refractivity contribution in [2.24, 2.45) is 0 Å². The first kappa shape index (κ1) is 16.0. The molecule has 0 saturated carbocycles. The lowest BCUT2D eigenvalue weighted by Crippen LogP contribution is -2.17. The van der Waals surface area contributed by atoms with E-state index < -0.39 is 11.9 Å². The molecule has 0 aliphatic rings. The zero-order chi connectivity index (χ0) is 14.6. The summed E-state index contributed by atoms with van der Waals surface area (Å²) in [5.41, 5.74) is -0.904. The van der Waals surface area contributed by atoms with Gasteiger partial charge in [-0.1, -0.05) is 11.8 Å². The number of alkyl halides is 3. The van der Waals surface area contributed by atoms with Crippen LogP contribution in [-0.4, -0.2) is 55.4 Å². The quantitative estimate of drug-likeness (QED) is 0.614. The van der Waals surface area contributed by atoms with Crippen molar-refractivity contribution in [2.75, 3.05) is 45.4 Å². The molecular weight excluding hydrogens is 277 g/mol. The molecule has 0 atom stereocenters. The smallest absolute Gasteiger partial charge is 0.363 e. The first-order chi connectivity index (χ1) is 8.70. The van der Waals surface area contributed by atoms with Crippen molar-refractivity contribution in [3.05, 3.63) is 11.8 Å². The Kier molecular flexibility index (Phi) is 5.42. The Bertz CT molecular complexity index is 421. The van der Waals surface area contributed by atoms with Gasteiger partial charge in [-0.15, -0.1) is 0 Å². The SMILES string of the molecule is CN(C)CCSc1nc(N(C)C)cc(C(F)(F)F)n1. The number of aromatic nitrogens is 2. The van der Waals surface area contributed by atoms with Gasteiger partial charge in [-0.25, -0.2) is 9.97 Å². The first-order valence-corrected chi connectivity index (χ1v) is 6.60. The van der Waals surface area contributed by atoms with Crippen LogP contribution in [0.25, 0.3) is 0 Å². The van der Waals surface area contributed by atoms with E-state index in [1.54, 1.807) is 14.1 Å². The molecule has 0 unspecified atom stereocenters. The van der Waals surface area contributed by atoms with Gasteiger partial charge >= 0.3 is 6.18 Å². The molecule has 108 valence electrons. The van der Waals surface area contributed by atoms with Gasteiger partial charge < -0.3 is 9.80 Å². The van der Waals surface area contributed by atoms with E-state index >= 15 is 0 Å². The standard InChI is InChI=1S/C11H17F3N4S/c1-17(2)5-6-19-10-15-8(11(12,13)14)7-9(16-10)18(3)4/h7H,5-6H2,1-4H3. The molecule has 0 bridgehead atoms. The van der Waals surface area contributed by atoms with E-state index in [-0.39, 0.29) is 11.0 Å². The van der Waals surface area contributed by atoms with Gasteiger partial charge in [-0.3, -0.25) is 0 Å². The zero-order valence-electron chi connectivity index (χ0n) is 11.3. The Morgan fingerprint density at radius 1 is 1.16 bits per heavy atom. The Labute approximate surface area is 115 Å². The van der Waals surface area contributed by atoms with Crippen molar-refractivity contribution in [1.29, 1.82) is 0 Å². The van der Waals surface area contributed by atoms with Gasteiger partial charge in [0.15, 0.2) is 10.9 Å².